The number of nitrogens with zero attached hydrogens (tertiary/aromatic N) is 6. The largest absolute Gasteiger partial charge is 0.495 e. The lowest BCUT2D eigenvalue weighted by Gasteiger charge is -2.10. The Kier molecular flexibility index (Phi) is 6.58. The Morgan fingerprint density at radius 1 is 1.14 bits per heavy atom. The monoisotopic (exact) mass is 520 g/mol. The first-order valence-corrected chi connectivity index (χ1v) is 11.8. The SMILES string of the molecule is CCOC(=O)c1cc(-c2ccc(F)c(Cl)c2)n2nc(Cc3ccc(-n4cnc(C)c4)c(OC)c3)nc2n1. The molecule has 0 saturated heterocycles. The summed E-state index contributed by atoms with van der Waals surface area (Å²) in [6.07, 6.45) is 4.02. The van der Waals surface area contributed by atoms with Crippen LogP contribution in [0.5, 0.6) is 5.75 Å². The van der Waals surface area contributed by atoms with Crippen molar-refractivity contribution < 1.29 is 18.7 Å². The Morgan fingerprint density at radius 2 is 1.97 bits per heavy atom. The van der Waals surface area contributed by atoms with Crippen LogP contribution in [0.2, 0.25) is 5.02 Å². The summed E-state index contributed by atoms with van der Waals surface area (Å²) in [4.78, 5) is 25.6. The number of carbonyl (C=O) groups excluding carboxylic acids is 1. The lowest BCUT2D eigenvalue weighted by molar-refractivity contribution is 0.0519. The van der Waals surface area contributed by atoms with Gasteiger partial charge in [0.1, 0.15) is 11.6 Å². The average Bonchev–Trinajstić information content (AvgIpc) is 3.50. The number of fused-ring (bicyclic) bond motifs is 1. The number of hydrogen-bond acceptors (Lipinski definition) is 7. The zero-order valence-corrected chi connectivity index (χ0v) is 21.0. The van der Waals surface area contributed by atoms with Crippen molar-refractivity contribution in [1.82, 2.24) is 29.1 Å². The first kappa shape index (κ1) is 24.4. The van der Waals surface area contributed by atoms with E-state index in [4.69, 9.17) is 21.1 Å². The summed E-state index contributed by atoms with van der Waals surface area (Å²) >= 11 is 6.02. The number of imidazole rings is 1. The molecule has 0 fully saturated rings. The van der Waals surface area contributed by atoms with Crippen molar-refractivity contribution in [3.63, 3.8) is 0 Å². The maximum atomic E-state index is 13.8. The van der Waals surface area contributed by atoms with Gasteiger partial charge in [-0.05, 0) is 55.8 Å². The van der Waals surface area contributed by atoms with Crippen LogP contribution >= 0.6 is 11.6 Å². The average molecular weight is 521 g/mol. The van der Waals surface area contributed by atoms with Gasteiger partial charge in [-0.3, -0.25) is 0 Å². The van der Waals surface area contributed by atoms with Crippen molar-refractivity contribution in [2.75, 3.05) is 13.7 Å². The van der Waals surface area contributed by atoms with Gasteiger partial charge in [-0.1, -0.05) is 17.7 Å². The second-order valence-electron chi connectivity index (χ2n) is 8.22. The molecule has 0 aliphatic heterocycles. The predicted octanol–water partition coefficient (Wildman–Crippen LogP) is 4.85. The highest BCUT2D eigenvalue weighted by Gasteiger charge is 2.19. The summed E-state index contributed by atoms with van der Waals surface area (Å²) in [6, 6.07) is 11.6. The summed E-state index contributed by atoms with van der Waals surface area (Å²) in [6.45, 7) is 3.82. The first-order chi connectivity index (χ1) is 17.9. The third-order valence-electron chi connectivity index (χ3n) is 5.65. The van der Waals surface area contributed by atoms with Crippen LogP contribution in [0, 0.1) is 12.7 Å². The highest BCUT2D eigenvalue weighted by atomic mass is 35.5. The fourth-order valence-electron chi connectivity index (χ4n) is 3.94. The Balaban J connectivity index is 1.55. The maximum absolute atomic E-state index is 13.8. The molecule has 5 rings (SSSR count). The van der Waals surface area contributed by atoms with Gasteiger partial charge in [-0.25, -0.2) is 19.2 Å². The minimum atomic E-state index is -0.598. The molecule has 11 heteroatoms. The lowest BCUT2D eigenvalue weighted by Crippen LogP contribution is -2.10. The number of hydrogen-bond donors (Lipinski definition) is 0. The van der Waals surface area contributed by atoms with E-state index in [0.29, 0.717) is 29.3 Å². The molecule has 0 bridgehead atoms. The lowest BCUT2D eigenvalue weighted by atomic mass is 10.1. The van der Waals surface area contributed by atoms with Crippen molar-refractivity contribution in [3.05, 3.63) is 88.6 Å². The van der Waals surface area contributed by atoms with E-state index in [9.17, 15) is 9.18 Å². The minimum Gasteiger partial charge on any atom is -0.495 e. The fraction of sp³-hybridized carbons (Fsp3) is 0.192. The first-order valence-electron chi connectivity index (χ1n) is 11.4. The summed E-state index contributed by atoms with van der Waals surface area (Å²) in [5.74, 6) is 0.190. The molecule has 188 valence electrons. The van der Waals surface area contributed by atoms with Gasteiger partial charge >= 0.3 is 5.97 Å². The molecular formula is C26H22ClFN6O3. The van der Waals surface area contributed by atoms with Crippen LogP contribution in [0.4, 0.5) is 4.39 Å². The molecular weight excluding hydrogens is 499 g/mol. The summed E-state index contributed by atoms with van der Waals surface area (Å²) in [5.41, 5.74) is 3.73. The van der Waals surface area contributed by atoms with Crippen molar-refractivity contribution in [3.8, 4) is 22.7 Å². The Morgan fingerprint density at radius 3 is 2.68 bits per heavy atom. The van der Waals surface area contributed by atoms with Crippen LogP contribution in [0.3, 0.4) is 0 Å². The van der Waals surface area contributed by atoms with E-state index in [1.54, 1.807) is 26.4 Å². The van der Waals surface area contributed by atoms with Gasteiger partial charge in [0.15, 0.2) is 11.5 Å². The van der Waals surface area contributed by atoms with Gasteiger partial charge in [0.25, 0.3) is 5.78 Å². The number of carbonyl (C=O) groups is 1. The summed E-state index contributed by atoms with van der Waals surface area (Å²) in [5, 5.41) is 4.57. The summed E-state index contributed by atoms with van der Waals surface area (Å²) < 4.78 is 27.9. The van der Waals surface area contributed by atoms with Crippen LogP contribution in [-0.4, -0.2) is 48.8 Å². The Bertz CT molecular complexity index is 1630. The molecule has 5 aromatic rings. The number of rotatable bonds is 7. The molecule has 0 spiro atoms. The molecule has 0 unspecified atom stereocenters. The van der Waals surface area contributed by atoms with Gasteiger partial charge in [0.2, 0.25) is 0 Å². The molecule has 0 radical (unpaired) electrons. The molecule has 0 saturated carbocycles. The summed E-state index contributed by atoms with van der Waals surface area (Å²) in [7, 11) is 1.61. The minimum absolute atomic E-state index is 0.0549. The second-order valence-corrected chi connectivity index (χ2v) is 8.63. The number of aryl methyl sites for hydroxylation is 1. The smallest absolute Gasteiger partial charge is 0.357 e. The van der Waals surface area contributed by atoms with Gasteiger partial charge in [0.05, 0.1) is 42.1 Å². The molecule has 0 amide bonds. The van der Waals surface area contributed by atoms with Crippen LogP contribution in [0.1, 0.15) is 34.5 Å². The van der Waals surface area contributed by atoms with Gasteiger partial charge in [-0.2, -0.15) is 9.50 Å². The Labute approximate surface area is 216 Å². The van der Waals surface area contributed by atoms with Crippen molar-refractivity contribution in [1.29, 1.82) is 0 Å². The molecule has 3 aromatic heterocycles. The normalized spacial score (nSPS) is 11.2. The van der Waals surface area contributed by atoms with Crippen molar-refractivity contribution in [2.45, 2.75) is 20.3 Å². The molecule has 9 nitrogen and oxygen atoms in total. The van der Waals surface area contributed by atoms with Gasteiger partial charge in [-0.15, -0.1) is 5.10 Å². The van der Waals surface area contributed by atoms with E-state index in [-0.39, 0.29) is 23.1 Å². The van der Waals surface area contributed by atoms with E-state index in [1.807, 2.05) is 35.9 Å². The van der Waals surface area contributed by atoms with Crippen LogP contribution in [0.25, 0.3) is 22.7 Å². The maximum Gasteiger partial charge on any atom is 0.357 e. The predicted molar refractivity (Wildman–Crippen MR) is 135 cm³/mol. The number of ether oxygens (including phenoxy) is 2. The van der Waals surface area contributed by atoms with E-state index < -0.39 is 11.8 Å². The molecule has 2 aromatic carbocycles. The molecule has 0 aliphatic carbocycles. The van der Waals surface area contributed by atoms with Crippen LogP contribution < -0.4 is 4.74 Å². The van der Waals surface area contributed by atoms with Crippen molar-refractivity contribution >= 4 is 23.3 Å². The third kappa shape index (κ3) is 4.88. The zero-order valence-electron chi connectivity index (χ0n) is 20.3. The van der Waals surface area contributed by atoms with E-state index in [0.717, 1.165) is 16.9 Å². The van der Waals surface area contributed by atoms with Crippen LogP contribution in [-0.2, 0) is 11.2 Å². The Hall–Kier alpha value is -4.31. The van der Waals surface area contributed by atoms with Gasteiger partial charge < -0.3 is 14.0 Å². The number of benzene rings is 2. The molecule has 0 N–H and O–H groups in total. The number of halogens is 2. The molecule has 37 heavy (non-hydrogen) atoms. The van der Waals surface area contributed by atoms with Crippen LogP contribution in [0.15, 0.2) is 55.0 Å². The highest BCUT2D eigenvalue weighted by Crippen LogP contribution is 2.28. The number of esters is 1. The van der Waals surface area contributed by atoms with E-state index in [2.05, 4.69) is 20.1 Å². The van der Waals surface area contributed by atoms with Crippen molar-refractivity contribution in [2.24, 2.45) is 0 Å². The molecule has 3 heterocycles. The second kappa shape index (κ2) is 9.98. The zero-order chi connectivity index (χ0) is 26.1. The van der Waals surface area contributed by atoms with Gasteiger partial charge in [0, 0.05) is 18.2 Å². The van der Waals surface area contributed by atoms with E-state index >= 15 is 0 Å². The molecule has 0 aliphatic rings. The number of aromatic nitrogens is 6. The quantitative estimate of drug-likeness (QED) is 0.283. The van der Waals surface area contributed by atoms with E-state index in [1.165, 1.54) is 22.7 Å². The third-order valence-corrected chi connectivity index (χ3v) is 5.94. The highest BCUT2D eigenvalue weighted by molar-refractivity contribution is 6.31. The number of methoxy groups -OCH3 is 1. The standard InChI is InChI=1S/C26H22ClFN6O3/c1-4-37-25(35)20-12-22(17-6-7-19(28)18(27)11-17)34-26(30-20)31-24(32-34)10-16-5-8-21(23(9-16)36-3)33-13-15(2)29-14-33/h5-9,11-14H,4,10H2,1-3H3. The topological polar surface area (TPSA) is 96.4 Å². The molecule has 0 atom stereocenters. The fourth-order valence-corrected chi connectivity index (χ4v) is 4.12.